The van der Waals surface area contributed by atoms with Gasteiger partial charge in [0.05, 0.1) is 16.3 Å². The van der Waals surface area contributed by atoms with Gasteiger partial charge in [-0.25, -0.2) is 4.79 Å². The number of halogens is 1. The number of nitrogens with zero attached hydrogens (tertiary/aromatic N) is 2. The molecule has 8 nitrogen and oxygen atoms in total. The minimum absolute atomic E-state index is 0.0236. The highest BCUT2D eigenvalue weighted by Crippen LogP contribution is 2.25. The number of carboxylic acid groups (broad SMARTS) is 1. The minimum atomic E-state index is -1.17. The lowest BCUT2D eigenvalue weighted by atomic mass is 10.2. The van der Waals surface area contributed by atoms with Crippen molar-refractivity contribution in [1.82, 2.24) is 9.97 Å². The highest BCUT2D eigenvalue weighted by Gasteiger charge is 2.09. The molecule has 0 radical (unpaired) electrons. The number of H-pyrrole nitrogens is 2. The summed E-state index contributed by atoms with van der Waals surface area (Å²) in [6.45, 7) is 0. The molecule has 108 valence electrons. The van der Waals surface area contributed by atoms with Crippen molar-refractivity contribution in [2.24, 2.45) is 10.2 Å². The zero-order valence-electron chi connectivity index (χ0n) is 10.1. The van der Waals surface area contributed by atoms with Crippen LogP contribution in [0.5, 0.6) is 5.88 Å². The lowest BCUT2D eigenvalue weighted by molar-refractivity contribution is 0.0697. The van der Waals surface area contributed by atoms with E-state index < -0.39 is 17.4 Å². The fourth-order valence-electron chi connectivity index (χ4n) is 1.41. The molecule has 0 saturated heterocycles. The molecule has 0 aliphatic carbocycles. The van der Waals surface area contributed by atoms with Crippen LogP contribution in [0, 0.1) is 4.77 Å². The van der Waals surface area contributed by atoms with E-state index in [2.05, 4.69) is 32.4 Å². The van der Waals surface area contributed by atoms with E-state index >= 15 is 0 Å². The second-order valence-corrected chi connectivity index (χ2v) is 4.59. The van der Waals surface area contributed by atoms with Gasteiger partial charge in [0.15, 0.2) is 4.77 Å². The monoisotopic (exact) mass is 326 g/mol. The predicted octanol–water partition coefficient (Wildman–Crippen LogP) is 2.91. The van der Waals surface area contributed by atoms with E-state index in [0.717, 1.165) is 0 Å². The molecule has 1 aromatic carbocycles. The number of hydrogen-bond donors (Lipinski definition) is 4. The third-order valence-electron chi connectivity index (χ3n) is 2.35. The average Bonchev–Trinajstić information content (AvgIpc) is 2.36. The summed E-state index contributed by atoms with van der Waals surface area (Å²) >= 11 is 10.4. The Balaban J connectivity index is 2.39. The minimum Gasteiger partial charge on any atom is -0.493 e. The van der Waals surface area contributed by atoms with Gasteiger partial charge in [-0.2, -0.15) is 5.11 Å². The Morgan fingerprint density at radius 1 is 1.29 bits per heavy atom. The number of carbonyl (C=O) groups is 1. The van der Waals surface area contributed by atoms with Crippen molar-refractivity contribution >= 4 is 41.2 Å². The maximum Gasteiger partial charge on any atom is 0.337 e. The van der Waals surface area contributed by atoms with Crippen molar-refractivity contribution < 1.29 is 15.0 Å². The molecule has 0 bridgehead atoms. The van der Waals surface area contributed by atoms with Crippen molar-refractivity contribution in [2.45, 2.75) is 0 Å². The summed E-state index contributed by atoms with van der Waals surface area (Å²) in [6.07, 6.45) is 0. The molecule has 1 heterocycles. The highest BCUT2D eigenvalue weighted by atomic mass is 35.5. The molecule has 2 rings (SSSR count). The van der Waals surface area contributed by atoms with Crippen molar-refractivity contribution in [3.8, 4) is 5.88 Å². The molecule has 2 aromatic rings. The van der Waals surface area contributed by atoms with E-state index in [1.807, 2.05) is 0 Å². The van der Waals surface area contributed by atoms with Crippen molar-refractivity contribution in [2.75, 3.05) is 0 Å². The van der Waals surface area contributed by atoms with Gasteiger partial charge in [-0.3, -0.25) is 9.78 Å². The zero-order valence-corrected chi connectivity index (χ0v) is 11.7. The van der Waals surface area contributed by atoms with E-state index in [0.29, 0.717) is 0 Å². The molecule has 0 aliphatic heterocycles. The lowest BCUT2D eigenvalue weighted by Crippen LogP contribution is -2.06. The number of azo groups is 1. The molecule has 0 fully saturated rings. The van der Waals surface area contributed by atoms with E-state index in [-0.39, 0.29) is 26.7 Å². The van der Waals surface area contributed by atoms with Crippen LogP contribution in [0.4, 0.5) is 11.4 Å². The van der Waals surface area contributed by atoms with Crippen LogP contribution >= 0.6 is 23.8 Å². The zero-order chi connectivity index (χ0) is 15.6. The average molecular weight is 327 g/mol. The molecule has 0 amide bonds. The van der Waals surface area contributed by atoms with E-state index in [1.165, 1.54) is 18.2 Å². The lowest BCUT2D eigenvalue weighted by Gasteiger charge is -1.99. The fraction of sp³-hybridized carbons (Fsp3) is 0. The van der Waals surface area contributed by atoms with Gasteiger partial charge in [0, 0.05) is 0 Å². The maximum atomic E-state index is 11.5. The predicted molar refractivity (Wildman–Crippen MR) is 76.5 cm³/mol. The van der Waals surface area contributed by atoms with Crippen LogP contribution in [0.2, 0.25) is 5.02 Å². The summed E-state index contributed by atoms with van der Waals surface area (Å²) in [5, 5.41) is 25.6. The fourth-order valence-corrected chi connectivity index (χ4v) is 1.85. The van der Waals surface area contributed by atoms with Crippen molar-refractivity contribution in [3.05, 3.63) is 43.9 Å². The molecular weight excluding hydrogens is 320 g/mol. The molecule has 4 N–H and O–H groups in total. The second kappa shape index (κ2) is 5.85. The third-order valence-corrected chi connectivity index (χ3v) is 2.86. The van der Waals surface area contributed by atoms with Crippen molar-refractivity contribution in [3.63, 3.8) is 0 Å². The number of aromatic carboxylic acids is 1. The van der Waals surface area contributed by atoms with Gasteiger partial charge < -0.3 is 15.2 Å². The topological polar surface area (TPSA) is 131 Å². The van der Waals surface area contributed by atoms with E-state index in [1.54, 1.807) is 0 Å². The number of aromatic hydroxyl groups is 1. The molecule has 0 aliphatic rings. The number of aromatic nitrogens is 2. The van der Waals surface area contributed by atoms with Crippen LogP contribution in [-0.4, -0.2) is 26.2 Å². The van der Waals surface area contributed by atoms with Gasteiger partial charge >= 0.3 is 5.97 Å². The number of hydrogen-bond acceptors (Lipinski definition) is 6. The molecule has 21 heavy (non-hydrogen) atoms. The number of aromatic amines is 2. The Morgan fingerprint density at radius 2 is 2.00 bits per heavy atom. The van der Waals surface area contributed by atoms with Gasteiger partial charge in [0.2, 0.25) is 11.6 Å². The van der Waals surface area contributed by atoms with E-state index in [4.69, 9.17) is 16.7 Å². The summed E-state index contributed by atoms with van der Waals surface area (Å²) in [6, 6.07) is 3.88. The largest absolute Gasteiger partial charge is 0.493 e. The van der Waals surface area contributed by atoms with Gasteiger partial charge in [0.1, 0.15) is 0 Å². The smallest absolute Gasteiger partial charge is 0.337 e. The first-order valence-electron chi connectivity index (χ1n) is 5.38. The summed E-state index contributed by atoms with van der Waals surface area (Å²) in [5.41, 5.74) is -0.943. The standard InChI is InChI=1S/C11H7ClN4O4S/c12-6-3-4(1-2-5(6)10(19)20)15-16-7-8(17)13-11(21)14-9(7)18/h1-3H,(H,19,20)(H3,13,14,17,18,21). The van der Waals surface area contributed by atoms with Crippen molar-refractivity contribution in [1.29, 1.82) is 0 Å². The summed E-state index contributed by atoms with van der Waals surface area (Å²) in [7, 11) is 0. The number of carboxylic acids is 1. The van der Waals surface area contributed by atoms with Crippen LogP contribution in [0.1, 0.15) is 10.4 Å². The Morgan fingerprint density at radius 3 is 2.57 bits per heavy atom. The number of benzene rings is 1. The molecule has 0 unspecified atom stereocenters. The molecule has 10 heteroatoms. The van der Waals surface area contributed by atoms with Crippen LogP contribution in [0.15, 0.2) is 33.2 Å². The first-order valence-corrected chi connectivity index (χ1v) is 6.17. The maximum absolute atomic E-state index is 11.5. The summed E-state index contributed by atoms with van der Waals surface area (Å²) in [4.78, 5) is 26.9. The summed E-state index contributed by atoms with van der Waals surface area (Å²) < 4.78 is -0.0506. The van der Waals surface area contributed by atoms with Gasteiger partial charge in [-0.1, -0.05) is 11.6 Å². The Kier molecular flexibility index (Phi) is 4.15. The first kappa shape index (κ1) is 14.9. The highest BCUT2D eigenvalue weighted by molar-refractivity contribution is 7.71. The molecule has 1 aromatic heterocycles. The van der Waals surface area contributed by atoms with E-state index in [9.17, 15) is 14.7 Å². The number of nitrogens with one attached hydrogen (secondary N) is 2. The molecule has 0 atom stereocenters. The Hall–Kier alpha value is -2.52. The number of rotatable bonds is 3. The third kappa shape index (κ3) is 3.33. The van der Waals surface area contributed by atoms with Gasteiger partial charge in [-0.15, -0.1) is 5.11 Å². The second-order valence-electron chi connectivity index (χ2n) is 3.77. The van der Waals surface area contributed by atoms with Gasteiger partial charge in [-0.05, 0) is 30.4 Å². The van der Waals surface area contributed by atoms with Crippen LogP contribution in [-0.2, 0) is 0 Å². The van der Waals surface area contributed by atoms with Crippen LogP contribution < -0.4 is 5.56 Å². The summed E-state index contributed by atoms with van der Waals surface area (Å²) in [5.74, 6) is -1.70. The first-order chi connectivity index (χ1) is 9.88. The van der Waals surface area contributed by atoms with Gasteiger partial charge in [0.25, 0.3) is 5.56 Å². The Bertz CT molecular complexity index is 858. The molecule has 0 saturated carbocycles. The SMILES string of the molecule is O=C(O)c1ccc(N=Nc2c(O)[nH]c(=S)[nH]c2=O)cc1Cl. The quantitative estimate of drug-likeness (QED) is 0.508. The van der Waals surface area contributed by atoms with Crippen LogP contribution in [0.25, 0.3) is 0 Å². The molecule has 0 spiro atoms. The normalized spacial score (nSPS) is 10.9. The Labute approximate surface area is 126 Å². The van der Waals surface area contributed by atoms with Crippen LogP contribution in [0.3, 0.4) is 0 Å². The molecular formula is C11H7ClN4O4S.